The average Bonchev–Trinajstić information content (AvgIpc) is 2.65. The molecular formula is C20H13ClN4O2. The summed E-state index contributed by atoms with van der Waals surface area (Å²) in [5.74, 6) is 0. The fourth-order valence-electron chi connectivity index (χ4n) is 3.06. The molecule has 132 valence electrons. The van der Waals surface area contributed by atoms with E-state index in [1.165, 1.54) is 15.0 Å². The maximum Gasteiger partial charge on any atom is 0.274 e. The summed E-state index contributed by atoms with van der Waals surface area (Å²) in [5, 5.41) is 10.0. The molecular weight excluding hydrogens is 364 g/mol. The number of hydrogen-bond donors (Lipinski definition) is 0. The summed E-state index contributed by atoms with van der Waals surface area (Å²) in [6.45, 7) is 3.68. The molecule has 0 spiro atoms. The van der Waals surface area contributed by atoms with Gasteiger partial charge in [-0.25, -0.2) is 4.98 Å². The standard InChI is InChI=1S/C20H13ClN4O2/c1-11-5-6-14(9-16(11)21)25-18-15(8-13(10-22)19(25)26)20(27)24-7-3-4-12(2)17(24)23-18/h3-9H,1-2H3. The van der Waals surface area contributed by atoms with Gasteiger partial charge in [0.25, 0.3) is 11.1 Å². The molecule has 3 aromatic heterocycles. The fraction of sp³-hybridized carbons (Fsp3) is 0.100. The van der Waals surface area contributed by atoms with Gasteiger partial charge in [-0.05, 0) is 49.2 Å². The summed E-state index contributed by atoms with van der Waals surface area (Å²) in [6, 6.07) is 11.9. The molecule has 0 aliphatic carbocycles. The van der Waals surface area contributed by atoms with Crippen LogP contribution in [0, 0.1) is 25.2 Å². The topological polar surface area (TPSA) is 80.2 Å². The predicted octanol–water partition coefficient (Wildman–Crippen LogP) is 3.14. The van der Waals surface area contributed by atoms with Gasteiger partial charge in [0.05, 0.1) is 11.1 Å². The van der Waals surface area contributed by atoms with Crippen molar-refractivity contribution in [3.8, 4) is 11.8 Å². The second-order valence-corrected chi connectivity index (χ2v) is 6.69. The molecule has 4 aromatic rings. The van der Waals surface area contributed by atoms with E-state index in [1.807, 2.05) is 26.0 Å². The molecule has 0 bridgehead atoms. The first-order valence-corrected chi connectivity index (χ1v) is 8.54. The van der Waals surface area contributed by atoms with E-state index < -0.39 is 5.56 Å². The van der Waals surface area contributed by atoms with Gasteiger partial charge in [0, 0.05) is 11.2 Å². The normalized spacial score (nSPS) is 11.0. The molecule has 3 heterocycles. The van der Waals surface area contributed by atoms with Crippen LogP contribution in [0.3, 0.4) is 0 Å². The van der Waals surface area contributed by atoms with E-state index in [2.05, 4.69) is 4.98 Å². The molecule has 6 nitrogen and oxygen atoms in total. The zero-order valence-corrected chi connectivity index (χ0v) is 15.3. The Hall–Kier alpha value is -3.43. The number of aryl methyl sites for hydroxylation is 2. The highest BCUT2D eigenvalue weighted by molar-refractivity contribution is 6.31. The number of nitrogens with zero attached hydrogens (tertiary/aromatic N) is 4. The van der Waals surface area contributed by atoms with E-state index in [1.54, 1.807) is 30.5 Å². The maximum atomic E-state index is 13.0. The Morgan fingerprint density at radius 2 is 1.81 bits per heavy atom. The first-order chi connectivity index (χ1) is 12.9. The minimum atomic E-state index is -0.547. The number of aromatic nitrogens is 3. The molecule has 7 heteroatoms. The van der Waals surface area contributed by atoms with Gasteiger partial charge in [0.2, 0.25) is 0 Å². The SMILES string of the molecule is Cc1ccc(-n2c(=O)c(C#N)cc3c(=O)n4cccc(C)c4nc32)cc1Cl. The van der Waals surface area contributed by atoms with Crippen LogP contribution in [0.4, 0.5) is 0 Å². The molecule has 27 heavy (non-hydrogen) atoms. The largest absolute Gasteiger partial charge is 0.274 e. The van der Waals surface area contributed by atoms with Crippen LogP contribution in [0.2, 0.25) is 5.02 Å². The van der Waals surface area contributed by atoms with Crippen molar-refractivity contribution in [1.29, 1.82) is 5.26 Å². The van der Waals surface area contributed by atoms with Gasteiger partial charge < -0.3 is 0 Å². The van der Waals surface area contributed by atoms with Crippen LogP contribution in [0.15, 0.2) is 52.2 Å². The van der Waals surface area contributed by atoms with Gasteiger partial charge >= 0.3 is 0 Å². The third-order valence-corrected chi connectivity index (χ3v) is 4.94. The summed E-state index contributed by atoms with van der Waals surface area (Å²) in [4.78, 5) is 30.5. The highest BCUT2D eigenvalue weighted by atomic mass is 35.5. The van der Waals surface area contributed by atoms with Gasteiger partial charge in [0.1, 0.15) is 17.3 Å². The Kier molecular flexibility index (Phi) is 3.83. The van der Waals surface area contributed by atoms with Crippen LogP contribution in [0.1, 0.15) is 16.7 Å². The molecule has 0 atom stereocenters. The minimum absolute atomic E-state index is 0.134. The molecule has 0 amide bonds. The average molecular weight is 377 g/mol. The Morgan fingerprint density at radius 3 is 2.52 bits per heavy atom. The van der Waals surface area contributed by atoms with Crippen molar-refractivity contribution in [2.75, 3.05) is 0 Å². The fourth-order valence-corrected chi connectivity index (χ4v) is 3.24. The van der Waals surface area contributed by atoms with Crippen LogP contribution in [-0.4, -0.2) is 14.0 Å². The van der Waals surface area contributed by atoms with Crippen LogP contribution < -0.4 is 11.1 Å². The Balaban J connectivity index is 2.28. The Bertz CT molecular complexity index is 1410. The van der Waals surface area contributed by atoms with Crippen LogP contribution in [-0.2, 0) is 0 Å². The van der Waals surface area contributed by atoms with E-state index >= 15 is 0 Å². The number of halogens is 1. The van der Waals surface area contributed by atoms with Crippen molar-refractivity contribution >= 4 is 28.3 Å². The number of fused-ring (bicyclic) bond motifs is 2. The monoisotopic (exact) mass is 376 g/mol. The summed E-state index contributed by atoms with van der Waals surface area (Å²) in [5.41, 5.74) is 1.71. The predicted molar refractivity (Wildman–Crippen MR) is 104 cm³/mol. The van der Waals surface area contributed by atoms with Gasteiger partial charge in [-0.3, -0.25) is 18.6 Å². The number of rotatable bonds is 1. The van der Waals surface area contributed by atoms with Crippen molar-refractivity contribution in [3.63, 3.8) is 0 Å². The molecule has 4 rings (SSSR count). The third-order valence-electron chi connectivity index (χ3n) is 4.53. The summed E-state index contributed by atoms with van der Waals surface area (Å²) in [6.07, 6.45) is 1.61. The second-order valence-electron chi connectivity index (χ2n) is 6.28. The van der Waals surface area contributed by atoms with Crippen molar-refractivity contribution < 1.29 is 0 Å². The van der Waals surface area contributed by atoms with E-state index in [4.69, 9.17) is 11.6 Å². The zero-order chi connectivity index (χ0) is 19.3. The van der Waals surface area contributed by atoms with Crippen LogP contribution in [0.5, 0.6) is 0 Å². The second kappa shape index (κ2) is 6.08. The summed E-state index contributed by atoms with van der Waals surface area (Å²) in [7, 11) is 0. The Morgan fingerprint density at radius 1 is 1.04 bits per heavy atom. The molecule has 0 radical (unpaired) electrons. The van der Waals surface area contributed by atoms with Gasteiger partial charge in [0.15, 0.2) is 5.65 Å². The van der Waals surface area contributed by atoms with Gasteiger partial charge in [-0.2, -0.15) is 5.26 Å². The molecule has 0 saturated carbocycles. The van der Waals surface area contributed by atoms with Crippen LogP contribution in [0.25, 0.3) is 22.4 Å². The number of nitriles is 1. The summed E-state index contributed by atoms with van der Waals surface area (Å²) < 4.78 is 2.68. The lowest BCUT2D eigenvalue weighted by molar-refractivity contribution is 0.979. The molecule has 0 saturated heterocycles. The van der Waals surface area contributed by atoms with E-state index in [9.17, 15) is 14.9 Å². The molecule has 0 unspecified atom stereocenters. The molecule has 0 aliphatic rings. The molecule has 0 N–H and O–H groups in total. The number of pyridine rings is 2. The number of hydrogen-bond acceptors (Lipinski definition) is 4. The van der Waals surface area contributed by atoms with Crippen molar-refractivity contribution in [2.45, 2.75) is 13.8 Å². The lowest BCUT2D eigenvalue weighted by atomic mass is 10.2. The lowest BCUT2D eigenvalue weighted by Crippen LogP contribution is -2.26. The molecule has 0 aliphatic heterocycles. The molecule has 0 fully saturated rings. The smallest absolute Gasteiger partial charge is 0.268 e. The van der Waals surface area contributed by atoms with E-state index in [-0.39, 0.29) is 22.2 Å². The van der Waals surface area contributed by atoms with Crippen molar-refractivity contribution in [2.24, 2.45) is 0 Å². The van der Waals surface area contributed by atoms with E-state index in [0.29, 0.717) is 16.4 Å². The number of benzene rings is 1. The van der Waals surface area contributed by atoms with Gasteiger partial charge in [-0.1, -0.05) is 23.7 Å². The van der Waals surface area contributed by atoms with Crippen molar-refractivity contribution in [1.82, 2.24) is 14.0 Å². The highest BCUT2D eigenvalue weighted by Crippen LogP contribution is 2.21. The zero-order valence-electron chi connectivity index (χ0n) is 14.5. The quantitative estimate of drug-likeness (QED) is 0.478. The lowest BCUT2D eigenvalue weighted by Gasteiger charge is -2.13. The maximum absolute atomic E-state index is 13.0. The highest BCUT2D eigenvalue weighted by Gasteiger charge is 2.17. The molecule has 1 aromatic carbocycles. The summed E-state index contributed by atoms with van der Waals surface area (Å²) >= 11 is 6.23. The van der Waals surface area contributed by atoms with Crippen LogP contribution >= 0.6 is 11.6 Å². The van der Waals surface area contributed by atoms with Crippen molar-refractivity contribution in [3.05, 3.63) is 85.0 Å². The first-order valence-electron chi connectivity index (χ1n) is 8.17. The minimum Gasteiger partial charge on any atom is -0.268 e. The first kappa shape index (κ1) is 17.0. The third kappa shape index (κ3) is 2.52. The van der Waals surface area contributed by atoms with E-state index in [0.717, 1.165) is 11.1 Å². The van der Waals surface area contributed by atoms with Gasteiger partial charge in [-0.15, -0.1) is 0 Å². The Labute approximate surface area is 158 Å².